The molecule has 6 nitrogen and oxygen atoms in total. The maximum absolute atomic E-state index is 13.7. The molecule has 2 N–H and O–H groups in total. The van der Waals surface area contributed by atoms with Gasteiger partial charge in [0.2, 0.25) is 0 Å². The second kappa shape index (κ2) is 10.9. The molecular formula is C17H27FIN3O3S. The van der Waals surface area contributed by atoms with Crippen molar-refractivity contribution in [3.8, 4) is 5.75 Å². The largest absolute Gasteiger partial charge is 0.485 e. The number of benzene rings is 1. The molecule has 1 aromatic carbocycles. The molecule has 148 valence electrons. The Bertz CT molecular complexity index is 700. The van der Waals surface area contributed by atoms with Gasteiger partial charge in [-0.2, -0.15) is 0 Å². The van der Waals surface area contributed by atoms with E-state index in [0.717, 1.165) is 0 Å². The van der Waals surface area contributed by atoms with Crippen LogP contribution in [0.3, 0.4) is 0 Å². The fourth-order valence-corrected chi connectivity index (χ4v) is 4.26. The minimum Gasteiger partial charge on any atom is -0.485 e. The molecule has 2 unspecified atom stereocenters. The predicted octanol–water partition coefficient (Wildman–Crippen LogP) is 2.34. The van der Waals surface area contributed by atoms with Crippen molar-refractivity contribution in [1.29, 1.82) is 0 Å². The summed E-state index contributed by atoms with van der Waals surface area (Å²) in [5.41, 5.74) is 0. The van der Waals surface area contributed by atoms with E-state index in [2.05, 4.69) is 15.6 Å². The van der Waals surface area contributed by atoms with Gasteiger partial charge in [0.1, 0.15) is 6.10 Å². The van der Waals surface area contributed by atoms with Gasteiger partial charge in [-0.1, -0.05) is 19.1 Å². The summed E-state index contributed by atoms with van der Waals surface area (Å²) in [4.78, 5) is 4.47. The third kappa shape index (κ3) is 7.26. The van der Waals surface area contributed by atoms with Crippen LogP contribution < -0.4 is 15.4 Å². The topological polar surface area (TPSA) is 79.8 Å². The van der Waals surface area contributed by atoms with Crippen LogP contribution >= 0.6 is 24.0 Å². The van der Waals surface area contributed by atoms with Crippen molar-refractivity contribution in [1.82, 2.24) is 10.6 Å². The van der Waals surface area contributed by atoms with E-state index in [0.29, 0.717) is 31.9 Å². The number of ether oxygens (including phenoxy) is 1. The smallest absolute Gasteiger partial charge is 0.191 e. The first kappa shape index (κ1) is 22.9. The van der Waals surface area contributed by atoms with Crippen molar-refractivity contribution >= 4 is 39.8 Å². The van der Waals surface area contributed by atoms with Gasteiger partial charge in [0.25, 0.3) is 0 Å². The summed E-state index contributed by atoms with van der Waals surface area (Å²) in [6, 6.07) is 6.16. The Morgan fingerprint density at radius 3 is 2.69 bits per heavy atom. The number of rotatable bonds is 7. The van der Waals surface area contributed by atoms with Crippen LogP contribution in [0.1, 0.15) is 26.7 Å². The average Bonchev–Trinajstić information content (AvgIpc) is 2.91. The molecule has 2 rings (SSSR count). The van der Waals surface area contributed by atoms with E-state index in [9.17, 15) is 12.8 Å². The summed E-state index contributed by atoms with van der Waals surface area (Å²) in [6.07, 6.45) is 0.990. The molecule has 1 aromatic rings. The molecule has 0 amide bonds. The van der Waals surface area contributed by atoms with Gasteiger partial charge in [0, 0.05) is 12.6 Å². The molecule has 0 spiro atoms. The minimum absolute atomic E-state index is 0. The molecule has 1 aliphatic rings. The molecule has 9 heteroatoms. The van der Waals surface area contributed by atoms with E-state index in [1.165, 1.54) is 6.07 Å². The highest BCUT2D eigenvalue weighted by Gasteiger charge is 2.28. The first-order valence-corrected chi connectivity index (χ1v) is 10.4. The number of halogens is 2. The second-order valence-electron chi connectivity index (χ2n) is 6.04. The lowest BCUT2D eigenvalue weighted by atomic mass is 10.2. The first-order valence-electron chi connectivity index (χ1n) is 8.60. The van der Waals surface area contributed by atoms with E-state index in [1.807, 2.05) is 13.8 Å². The molecular weight excluding hydrogens is 472 g/mol. The molecule has 1 saturated heterocycles. The number of hydrogen-bond donors (Lipinski definition) is 2. The van der Waals surface area contributed by atoms with Crippen molar-refractivity contribution in [2.45, 2.75) is 38.8 Å². The number of hydrogen-bond acceptors (Lipinski definition) is 4. The van der Waals surface area contributed by atoms with Crippen LogP contribution in [0.2, 0.25) is 0 Å². The maximum Gasteiger partial charge on any atom is 0.191 e. The number of guanidine groups is 1. The summed E-state index contributed by atoms with van der Waals surface area (Å²) in [5, 5.41) is 6.26. The molecule has 1 fully saturated rings. The lowest BCUT2D eigenvalue weighted by Gasteiger charge is -2.19. The first-order chi connectivity index (χ1) is 11.9. The van der Waals surface area contributed by atoms with Gasteiger partial charge >= 0.3 is 0 Å². The Morgan fingerprint density at radius 2 is 2.12 bits per heavy atom. The average molecular weight is 499 g/mol. The fourth-order valence-electron chi connectivity index (χ4n) is 2.58. The van der Waals surface area contributed by atoms with Crippen molar-refractivity contribution in [2.24, 2.45) is 4.99 Å². The Hall–Kier alpha value is -1.10. The summed E-state index contributed by atoms with van der Waals surface area (Å²) in [7, 11) is -2.95. The van der Waals surface area contributed by atoms with Gasteiger partial charge < -0.3 is 15.4 Å². The summed E-state index contributed by atoms with van der Waals surface area (Å²) >= 11 is 0. The molecule has 0 radical (unpaired) electrons. The van der Waals surface area contributed by atoms with Crippen LogP contribution in [0.5, 0.6) is 5.75 Å². The van der Waals surface area contributed by atoms with Crippen molar-refractivity contribution in [3.05, 3.63) is 30.1 Å². The number of nitrogens with one attached hydrogen (secondary N) is 2. The third-order valence-corrected chi connectivity index (χ3v) is 5.72. The molecule has 0 bridgehead atoms. The minimum atomic E-state index is -2.95. The van der Waals surface area contributed by atoms with E-state index >= 15 is 0 Å². The predicted molar refractivity (Wildman–Crippen MR) is 113 cm³/mol. The van der Waals surface area contributed by atoms with Gasteiger partial charge in [-0.15, -0.1) is 24.0 Å². The third-order valence-electron chi connectivity index (χ3n) is 3.96. The fraction of sp³-hybridized carbons (Fsp3) is 0.588. The highest BCUT2D eigenvalue weighted by Crippen LogP contribution is 2.18. The molecule has 1 heterocycles. The zero-order valence-corrected chi connectivity index (χ0v) is 18.2. The zero-order chi connectivity index (χ0) is 18.3. The summed E-state index contributed by atoms with van der Waals surface area (Å²) < 4.78 is 42.5. The maximum atomic E-state index is 13.7. The van der Waals surface area contributed by atoms with Crippen LogP contribution in [-0.2, 0) is 9.84 Å². The van der Waals surface area contributed by atoms with Crippen molar-refractivity contribution in [3.63, 3.8) is 0 Å². The van der Waals surface area contributed by atoms with Crippen LogP contribution in [0.15, 0.2) is 29.3 Å². The Morgan fingerprint density at radius 1 is 1.38 bits per heavy atom. The van der Waals surface area contributed by atoms with Gasteiger partial charge in [-0.05, 0) is 31.9 Å². The van der Waals surface area contributed by atoms with Gasteiger partial charge in [0.05, 0.1) is 18.1 Å². The molecule has 2 atom stereocenters. The number of sulfone groups is 1. The monoisotopic (exact) mass is 499 g/mol. The SMILES string of the molecule is CCNC(=NCC(CC)Oc1ccccc1F)NC1CCS(=O)(=O)C1.I. The number of para-hydroxylation sites is 1. The number of aliphatic imine (C=N–C) groups is 1. The Labute approximate surface area is 171 Å². The quantitative estimate of drug-likeness (QED) is 0.342. The van der Waals surface area contributed by atoms with E-state index in [-0.39, 0.29) is 53.4 Å². The van der Waals surface area contributed by atoms with Gasteiger partial charge in [0.15, 0.2) is 27.4 Å². The molecule has 0 aliphatic carbocycles. The number of nitrogens with zero attached hydrogens (tertiary/aromatic N) is 1. The highest BCUT2D eigenvalue weighted by molar-refractivity contribution is 14.0. The molecule has 1 aliphatic heterocycles. The molecule has 0 saturated carbocycles. The van der Waals surface area contributed by atoms with Gasteiger partial charge in [-0.3, -0.25) is 0 Å². The van der Waals surface area contributed by atoms with Gasteiger partial charge in [-0.25, -0.2) is 17.8 Å². The Kier molecular flexibility index (Phi) is 9.62. The highest BCUT2D eigenvalue weighted by atomic mass is 127. The lowest BCUT2D eigenvalue weighted by Crippen LogP contribution is -2.44. The van der Waals surface area contributed by atoms with E-state index in [4.69, 9.17) is 4.74 Å². The lowest BCUT2D eigenvalue weighted by molar-refractivity contribution is 0.196. The van der Waals surface area contributed by atoms with Crippen LogP contribution in [0.4, 0.5) is 4.39 Å². The van der Waals surface area contributed by atoms with E-state index < -0.39 is 15.7 Å². The van der Waals surface area contributed by atoms with Crippen LogP contribution in [0.25, 0.3) is 0 Å². The normalized spacial score (nSPS) is 20.1. The van der Waals surface area contributed by atoms with Crippen LogP contribution in [-0.4, -0.2) is 51.1 Å². The second-order valence-corrected chi connectivity index (χ2v) is 8.27. The summed E-state index contributed by atoms with van der Waals surface area (Å²) in [6.45, 7) is 4.90. The standard InChI is InChI=1S/C17H26FN3O3S.HI/c1-3-14(24-16-8-6-5-7-15(16)18)11-20-17(19-4-2)21-13-9-10-25(22,23)12-13;/h5-8,13-14H,3-4,9-12H2,1-2H3,(H2,19,20,21);1H. The van der Waals surface area contributed by atoms with Crippen molar-refractivity contribution < 1.29 is 17.5 Å². The van der Waals surface area contributed by atoms with E-state index in [1.54, 1.807) is 18.2 Å². The molecule has 0 aromatic heterocycles. The molecule has 26 heavy (non-hydrogen) atoms. The zero-order valence-electron chi connectivity index (χ0n) is 15.1. The van der Waals surface area contributed by atoms with Crippen LogP contribution in [0, 0.1) is 5.82 Å². The van der Waals surface area contributed by atoms with Crippen molar-refractivity contribution in [2.75, 3.05) is 24.6 Å². The Balaban J connectivity index is 0.00000338. The summed E-state index contributed by atoms with van der Waals surface area (Å²) in [5.74, 6) is 0.703.